The molecule has 1 saturated carbocycles. The van der Waals surface area contributed by atoms with Crippen LogP contribution in [0.15, 0.2) is 53.0 Å². The number of nitrogens with zero attached hydrogens (tertiary/aromatic N) is 2. The van der Waals surface area contributed by atoms with Crippen LogP contribution in [-0.2, 0) is 16.1 Å². The van der Waals surface area contributed by atoms with E-state index in [9.17, 15) is 14.4 Å². The zero-order valence-electron chi connectivity index (χ0n) is 16.6. The zero-order valence-corrected chi connectivity index (χ0v) is 18.9. The summed E-state index contributed by atoms with van der Waals surface area (Å²) in [6.45, 7) is 2.23. The Kier molecular flexibility index (Phi) is 5.98. The molecule has 0 spiro atoms. The maximum atomic E-state index is 13.4. The second-order valence-electron chi connectivity index (χ2n) is 8.12. The molecule has 3 amide bonds. The SMILES string of the molecule is C[C@@H]1CC[C@H]2C(=O)N(N(Cc3ccc(Br)cc3)C(=O)c3ccc(Cl)cc3)C(=O)[C@@H]2C1. The van der Waals surface area contributed by atoms with Crippen LogP contribution < -0.4 is 0 Å². The molecular formula is C23H22BrClN2O3. The van der Waals surface area contributed by atoms with Gasteiger partial charge < -0.3 is 0 Å². The van der Waals surface area contributed by atoms with Gasteiger partial charge in [-0.25, -0.2) is 5.01 Å². The second kappa shape index (κ2) is 8.52. The number of amides is 3. The first-order valence-electron chi connectivity index (χ1n) is 10.0. The van der Waals surface area contributed by atoms with Gasteiger partial charge in [-0.15, -0.1) is 0 Å². The highest BCUT2D eigenvalue weighted by Crippen LogP contribution is 2.41. The van der Waals surface area contributed by atoms with Crippen LogP contribution in [0.3, 0.4) is 0 Å². The molecule has 0 N–H and O–H groups in total. The summed E-state index contributed by atoms with van der Waals surface area (Å²) < 4.78 is 0.912. The third kappa shape index (κ3) is 4.03. The summed E-state index contributed by atoms with van der Waals surface area (Å²) in [5.74, 6) is -1.21. The molecular weight excluding hydrogens is 468 g/mol. The van der Waals surface area contributed by atoms with Gasteiger partial charge in [0.15, 0.2) is 0 Å². The van der Waals surface area contributed by atoms with Crippen molar-refractivity contribution in [3.8, 4) is 0 Å². The third-order valence-corrected chi connectivity index (χ3v) is 6.76. The molecule has 0 bridgehead atoms. The highest BCUT2D eigenvalue weighted by atomic mass is 79.9. The van der Waals surface area contributed by atoms with Crippen molar-refractivity contribution in [2.45, 2.75) is 32.7 Å². The Labute approximate surface area is 189 Å². The molecule has 2 aromatic rings. The average molecular weight is 490 g/mol. The largest absolute Gasteiger partial charge is 0.273 e. The lowest BCUT2D eigenvalue weighted by Gasteiger charge is -2.30. The second-order valence-corrected chi connectivity index (χ2v) is 9.47. The molecule has 4 rings (SSSR count). The Morgan fingerprint density at radius 2 is 1.67 bits per heavy atom. The standard InChI is InChI=1S/C23H22BrClN2O3/c1-14-2-11-19-20(12-14)23(30)27(22(19)29)26(13-15-3-7-17(24)8-4-15)21(28)16-5-9-18(25)10-6-16/h3-10,14,19-20H,2,11-13H2,1H3/t14-,19-,20-/m1/s1. The van der Waals surface area contributed by atoms with Gasteiger partial charge in [-0.1, -0.05) is 46.6 Å². The van der Waals surface area contributed by atoms with E-state index in [-0.39, 0.29) is 30.2 Å². The summed E-state index contributed by atoms with van der Waals surface area (Å²) in [5.41, 5.74) is 1.20. The molecule has 3 atom stereocenters. The normalized spacial score (nSPS) is 23.4. The number of halogens is 2. The lowest BCUT2D eigenvalue weighted by atomic mass is 9.76. The van der Waals surface area contributed by atoms with Crippen molar-refractivity contribution in [1.82, 2.24) is 10.0 Å². The summed E-state index contributed by atoms with van der Waals surface area (Å²) >= 11 is 9.37. The first-order chi connectivity index (χ1) is 14.3. The Morgan fingerprint density at radius 1 is 1.03 bits per heavy atom. The van der Waals surface area contributed by atoms with Crippen LogP contribution in [0, 0.1) is 17.8 Å². The maximum Gasteiger partial charge on any atom is 0.273 e. The molecule has 7 heteroatoms. The number of carbonyl (C=O) groups is 3. The van der Waals surface area contributed by atoms with Gasteiger partial charge >= 0.3 is 0 Å². The van der Waals surface area contributed by atoms with E-state index >= 15 is 0 Å². The molecule has 2 fully saturated rings. The van der Waals surface area contributed by atoms with Crippen LogP contribution in [0.4, 0.5) is 0 Å². The van der Waals surface area contributed by atoms with Crippen molar-refractivity contribution in [2.75, 3.05) is 0 Å². The molecule has 0 radical (unpaired) electrons. The van der Waals surface area contributed by atoms with Gasteiger partial charge in [0.25, 0.3) is 17.7 Å². The molecule has 2 aliphatic rings. The number of hydrogen-bond donors (Lipinski definition) is 0. The van der Waals surface area contributed by atoms with E-state index in [0.29, 0.717) is 29.3 Å². The van der Waals surface area contributed by atoms with Crippen LogP contribution >= 0.6 is 27.5 Å². The van der Waals surface area contributed by atoms with Crippen molar-refractivity contribution in [3.05, 3.63) is 69.2 Å². The number of hydrazine groups is 1. The van der Waals surface area contributed by atoms with Gasteiger partial charge in [0.05, 0.1) is 18.4 Å². The van der Waals surface area contributed by atoms with Crippen molar-refractivity contribution < 1.29 is 14.4 Å². The number of carbonyl (C=O) groups excluding carboxylic acids is 3. The van der Waals surface area contributed by atoms with Crippen LogP contribution in [0.5, 0.6) is 0 Å². The van der Waals surface area contributed by atoms with E-state index in [1.165, 1.54) is 5.01 Å². The summed E-state index contributed by atoms with van der Waals surface area (Å²) in [6.07, 6.45) is 2.30. The van der Waals surface area contributed by atoms with Gasteiger partial charge in [-0.3, -0.25) is 14.4 Å². The van der Waals surface area contributed by atoms with Crippen molar-refractivity contribution in [2.24, 2.45) is 17.8 Å². The minimum absolute atomic E-state index is 0.126. The minimum atomic E-state index is -0.400. The van der Waals surface area contributed by atoms with Crippen molar-refractivity contribution in [3.63, 3.8) is 0 Å². The molecule has 30 heavy (non-hydrogen) atoms. The van der Waals surface area contributed by atoms with E-state index in [1.807, 2.05) is 24.3 Å². The molecule has 1 saturated heterocycles. The zero-order chi connectivity index (χ0) is 21.4. The quantitative estimate of drug-likeness (QED) is 0.563. The molecule has 1 heterocycles. The Morgan fingerprint density at radius 3 is 2.33 bits per heavy atom. The molecule has 1 aliphatic heterocycles. The maximum absolute atomic E-state index is 13.4. The van der Waals surface area contributed by atoms with Gasteiger partial charge in [-0.05, 0) is 67.1 Å². The molecule has 5 nitrogen and oxygen atoms in total. The fourth-order valence-electron chi connectivity index (χ4n) is 4.35. The lowest BCUT2D eigenvalue weighted by molar-refractivity contribution is -0.155. The predicted molar refractivity (Wildman–Crippen MR) is 117 cm³/mol. The fraction of sp³-hybridized carbons (Fsp3) is 0.348. The Balaban J connectivity index is 1.70. The number of rotatable bonds is 4. The predicted octanol–water partition coefficient (Wildman–Crippen LogP) is 5.08. The summed E-state index contributed by atoms with van der Waals surface area (Å²) in [4.78, 5) is 39.9. The summed E-state index contributed by atoms with van der Waals surface area (Å²) in [6, 6.07) is 14.0. The third-order valence-electron chi connectivity index (χ3n) is 5.98. The molecule has 0 unspecified atom stereocenters. The van der Waals surface area contributed by atoms with Gasteiger partial charge in [0, 0.05) is 15.1 Å². The first kappa shape index (κ1) is 21.1. The van der Waals surface area contributed by atoms with Crippen LogP contribution in [0.1, 0.15) is 42.1 Å². The Bertz CT molecular complexity index is 977. The highest BCUT2D eigenvalue weighted by Gasteiger charge is 2.52. The highest BCUT2D eigenvalue weighted by molar-refractivity contribution is 9.10. The smallest absolute Gasteiger partial charge is 0.272 e. The van der Waals surface area contributed by atoms with Crippen LogP contribution in [0.25, 0.3) is 0 Å². The van der Waals surface area contributed by atoms with E-state index in [2.05, 4.69) is 22.9 Å². The van der Waals surface area contributed by atoms with Crippen LogP contribution in [0.2, 0.25) is 5.02 Å². The van der Waals surface area contributed by atoms with E-state index in [1.54, 1.807) is 24.3 Å². The molecule has 2 aromatic carbocycles. The van der Waals surface area contributed by atoms with E-state index in [4.69, 9.17) is 11.6 Å². The first-order valence-corrected chi connectivity index (χ1v) is 11.2. The lowest BCUT2D eigenvalue weighted by Crippen LogP contribution is -2.49. The molecule has 0 aromatic heterocycles. The van der Waals surface area contributed by atoms with Crippen LogP contribution in [-0.4, -0.2) is 27.7 Å². The van der Waals surface area contributed by atoms with Gasteiger partial charge in [-0.2, -0.15) is 5.01 Å². The fourth-order valence-corrected chi connectivity index (χ4v) is 4.74. The topological polar surface area (TPSA) is 57.7 Å². The minimum Gasteiger partial charge on any atom is -0.272 e. The Hall–Kier alpha value is -2.18. The number of benzene rings is 2. The molecule has 156 valence electrons. The molecule has 1 aliphatic carbocycles. The van der Waals surface area contributed by atoms with Gasteiger partial charge in [0.2, 0.25) is 0 Å². The summed E-state index contributed by atoms with van der Waals surface area (Å²) in [5, 5.41) is 2.91. The monoisotopic (exact) mass is 488 g/mol. The summed E-state index contributed by atoms with van der Waals surface area (Å²) in [7, 11) is 0. The van der Waals surface area contributed by atoms with E-state index in [0.717, 1.165) is 21.5 Å². The van der Waals surface area contributed by atoms with Crippen molar-refractivity contribution in [1.29, 1.82) is 0 Å². The van der Waals surface area contributed by atoms with Gasteiger partial charge in [0.1, 0.15) is 0 Å². The van der Waals surface area contributed by atoms with E-state index < -0.39 is 5.91 Å². The number of imide groups is 1. The number of hydrogen-bond acceptors (Lipinski definition) is 3. The average Bonchev–Trinajstić information content (AvgIpc) is 2.97. The number of fused-ring (bicyclic) bond motifs is 1. The van der Waals surface area contributed by atoms with Crippen molar-refractivity contribution >= 4 is 45.3 Å².